The number of fused-ring (bicyclic) bond motifs is 2. The fraction of sp³-hybridized carbons (Fsp3) is 0.562. The third kappa shape index (κ3) is 4.44. The van der Waals surface area contributed by atoms with Gasteiger partial charge in [0.05, 0.1) is 46.0 Å². The summed E-state index contributed by atoms with van der Waals surface area (Å²) in [6.07, 6.45) is 2.27. The van der Waals surface area contributed by atoms with Crippen LogP contribution in [0.15, 0.2) is 12.1 Å². The maximum absolute atomic E-state index is 11.5. The highest BCUT2D eigenvalue weighted by Crippen LogP contribution is 2.39. The average Bonchev–Trinajstić information content (AvgIpc) is 2.91. The number of aliphatic hydroxyl groups excluding tert-OH is 1. The van der Waals surface area contributed by atoms with Crippen LogP contribution in [0.5, 0.6) is 5.75 Å². The van der Waals surface area contributed by atoms with E-state index in [2.05, 4.69) is 4.90 Å². The van der Waals surface area contributed by atoms with Gasteiger partial charge in [0.2, 0.25) is 0 Å². The molecule has 0 aliphatic carbocycles. The molecule has 2 aliphatic heterocycles. The van der Waals surface area contributed by atoms with Crippen molar-refractivity contribution in [1.82, 2.24) is 4.90 Å². The van der Waals surface area contributed by atoms with E-state index in [-0.39, 0.29) is 17.9 Å². The van der Waals surface area contributed by atoms with E-state index in [1.807, 2.05) is 7.05 Å². The van der Waals surface area contributed by atoms with Crippen LogP contribution in [-0.2, 0) is 9.53 Å². The van der Waals surface area contributed by atoms with Gasteiger partial charge in [-0.3, -0.25) is 40.0 Å². The second kappa shape index (κ2) is 8.96. The van der Waals surface area contributed by atoms with Crippen LogP contribution in [0, 0.1) is 36.3 Å². The second-order valence-corrected chi connectivity index (χ2v) is 6.92. The van der Waals surface area contributed by atoms with Crippen LogP contribution in [0.1, 0.15) is 19.3 Å². The number of nitro benzene ring substituents is 3. The van der Waals surface area contributed by atoms with Gasteiger partial charge in [0.1, 0.15) is 0 Å². The number of piperidine rings is 1. The molecule has 2 fully saturated rings. The molecule has 14 heteroatoms. The zero-order valence-electron chi connectivity index (χ0n) is 16.0. The molecule has 164 valence electrons. The quantitative estimate of drug-likeness (QED) is 0.395. The molecule has 0 radical (unpaired) electrons. The number of phenolic OH excluding ortho intramolecular Hbond substituents is 1. The largest absolute Gasteiger partial charge is 0.497 e. The number of ether oxygens (including phenoxy) is 1. The van der Waals surface area contributed by atoms with E-state index in [1.54, 1.807) is 0 Å². The number of carbonyl (C=O) groups is 1. The van der Waals surface area contributed by atoms with Crippen molar-refractivity contribution in [3.05, 3.63) is 42.5 Å². The van der Waals surface area contributed by atoms with Crippen molar-refractivity contribution in [2.75, 3.05) is 14.2 Å². The SMILES string of the molecule is COC(=O)[C@@H]1[C@H]2CC[C@@H](C[C@@H]1O)N2C.O=[N+]([O-])c1cc([N+](=O)[O-])c(O)c([N+](=O)[O-])c1. The highest BCUT2D eigenvalue weighted by molar-refractivity contribution is 5.74. The lowest BCUT2D eigenvalue weighted by molar-refractivity contribution is -0.404. The lowest BCUT2D eigenvalue weighted by atomic mass is 9.88. The monoisotopic (exact) mass is 428 g/mol. The van der Waals surface area contributed by atoms with E-state index in [4.69, 9.17) is 9.84 Å². The Morgan fingerprint density at radius 3 is 2.07 bits per heavy atom. The minimum atomic E-state index is -1.21. The molecule has 2 aliphatic rings. The van der Waals surface area contributed by atoms with Crippen molar-refractivity contribution in [2.45, 2.75) is 37.5 Å². The van der Waals surface area contributed by atoms with Crippen molar-refractivity contribution in [2.24, 2.45) is 5.92 Å². The standard InChI is InChI=1S/C10H17NO3.C6H3N3O7/c1-11-6-3-4-7(11)9(8(12)5-6)10(13)14-2;10-6-4(8(13)14)1-3(7(11)12)2-5(6)9(15)16/h6-9,12H,3-5H2,1-2H3;1-2,10H/t6-,7+,8-,9+;/m0./s1. The Hall–Kier alpha value is -3.39. The van der Waals surface area contributed by atoms with Gasteiger partial charge in [-0.25, -0.2) is 0 Å². The predicted octanol–water partition coefficient (Wildman–Crippen LogP) is 1.12. The van der Waals surface area contributed by atoms with Gasteiger partial charge in [-0.15, -0.1) is 0 Å². The van der Waals surface area contributed by atoms with Crippen molar-refractivity contribution in [1.29, 1.82) is 0 Å². The fourth-order valence-electron chi connectivity index (χ4n) is 3.86. The molecule has 2 bridgehead atoms. The first-order chi connectivity index (χ1) is 14.0. The molecule has 2 saturated heterocycles. The smallest absolute Gasteiger partial charge is 0.324 e. The number of aliphatic hydroxyl groups is 1. The Bertz CT molecular complexity index is 841. The maximum atomic E-state index is 11.5. The fourth-order valence-corrected chi connectivity index (χ4v) is 3.86. The molecule has 3 rings (SSSR count). The van der Waals surface area contributed by atoms with Crippen molar-refractivity contribution < 1.29 is 34.5 Å². The van der Waals surface area contributed by atoms with Crippen molar-refractivity contribution >= 4 is 23.0 Å². The van der Waals surface area contributed by atoms with E-state index >= 15 is 0 Å². The normalized spacial score (nSPS) is 25.0. The Morgan fingerprint density at radius 2 is 1.63 bits per heavy atom. The van der Waals surface area contributed by atoms with Gasteiger partial charge in [-0.05, 0) is 26.3 Å². The summed E-state index contributed by atoms with van der Waals surface area (Å²) in [6.45, 7) is 0. The molecule has 0 aromatic heterocycles. The topological polar surface area (TPSA) is 199 Å². The number of nitrogens with zero attached hydrogens (tertiary/aromatic N) is 4. The molecular formula is C16H20N4O10. The number of non-ortho nitro benzene ring substituents is 1. The molecule has 0 unspecified atom stereocenters. The summed E-state index contributed by atoms with van der Waals surface area (Å²) in [6, 6.07) is 1.53. The van der Waals surface area contributed by atoms with Crippen LogP contribution in [0.2, 0.25) is 0 Å². The van der Waals surface area contributed by atoms with Gasteiger partial charge >= 0.3 is 17.3 Å². The third-order valence-corrected chi connectivity index (χ3v) is 5.37. The summed E-state index contributed by atoms with van der Waals surface area (Å²) >= 11 is 0. The number of benzene rings is 1. The first-order valence-corrected chi connectivity index (χ1v) is 8.77. The Kier molecular flexibility index (Phi) is 6.84. The summed E-state index contributed by atoms with van der Waals surface area (Å²) in [4.78, 5) is 41.5. The van der Waals surface area contributed by atoms with Crippen LogP contribution in [0.3, 0.4) is 0 Å². The molecule has 14 nitrogen and oxygen atoms in total. The van der Waals surface area contributed by atoms with E-state index in [1.165, 1.54) is 7.11 Å². The summed E-state index contributed by atoms with van der Waals surface area (Å²) in [7, 11) is 3.42. The molecule has 2 N–H and O–H groups in total. The highest BCUT2D eigenvalue weighted by Gasteiger charge is 2.48. The Labute approximate surface area is 169 Å². The van der Waals surface area contributed by atoms with E-state index in [9.17, 15) is 40.2 Å². The van der Waals surface area contributed by atoms with Crippen LogP contribution in [0.25, 0.3) is 0 Å². The summed E-state index contributed by atoms with van der Waals surface area (Å²) in [5.41, 5.74) is -3.00. The van der Waals surface area contributed by atoms with Gasteiger partial charge in [0.15, 0.2) is 0 Å². The molecule has 0 saturated carbocycles. The molecule has 1 aromatic carbocycles. The molecule has 2 heterocycles. The molecule has 4 atom stereocenters. The van der Waals surface area contributed by atoms with Crippen LogP contribution in [-0.4, -0.2) is 68.2 Å². The van der Waals surface area contributed by atoms with Gasteiger partial charge in [0.25, 0.3) is 11.4 Å². The summed E-state index contributed by atoms with van der Waals surface area (Å²) in [5.74, 6) is -1.82. The van der Waals surface area contributed by atoms with Crippen LogP contribution in [0.4, 0.5) is 17.1 Å². The number of aromatic hydroxyl groups is 1. The third-order valence-electron chi connectivity index (χ3n) is 5.37. The number of esters is 1. The van der Waals surface area contributed by atoms with Gasteiger partial charge in [-0.2, -0.15) is 0 Å². The lowest BCUT2D eigenvalue weighted by Gasteiger charge is -2.39. The first kappa shape index (κ1) is 22.9. The summed E-state index contributed by atoms with van der Waals surface area (Å²) < 4.78 is 4.73. The van der Waals surface area contributed by atoms with Crippen molar-refractivity contribution in [3.8, 4) is 5.75 Å². The maximum Gasteiger partial charge on any atom is 0.324 e. The van der Waals surface area contributed by atoms with E-state index in [0.29, 0.717) is 24.6 Å². The number of methoxy groups -OCH3 is 1. The molecule has 30 heavy (non-hydrogen) atoms. The highest BCUT2D eigenvalue weighted by atomic mass is 16.6. The summed E-state index contributed by atoms with van der Waals surface area (Å²) in [5, 5.41) is 50.1. The van der Waals surface area contributed by atoms with Gasteiger partial charge < -0.3 is 14.9 Å². The number of hydrogen-bond acceptors (Lipinski definition) is 11. The molecule has 0 amide bonds. The minimum absolute atomic E-state index is 0.177. The molecular weight excluding hydrogens is 408 g/mol. The van der Waals surface area contributed by atoms with E-state index in [0.717, 1.165) is 12.8 Å². The van der Waals surface area contributed by atoms with Crippen LogP contribution >= 0.6 is 0 Å². The Morgan fingerprint density at radius 1 is 1.10 bits per heavy atom. The number of hydrogen-bond donors (Lipinski definition) is 2. The van der Waals surface area contributed by atoms with Gasteiger partial charge in [-0.1, -0.05) is 0 Å². The number of phenols is 1. The number of nitro groups is 3. The first-order valence-electron chi connectivity index (χ1n) is 8.77. The molecule has 1 aromatic rings. The van der Waals surface area contributed by atoms with Crippen molar-refractivity contribution in [3.63, 3.8) is 0 Å². The second-order valence-electron chi connectivity index (χ2n) is 6.92. The zero-order chi connectivity index (χ0) is 22.7. The van der Waals surface area contributed by atoms with Crippen LogP contribution < -0.4 is 0 Å². The van der Waals surface area contributed by atoms with E-state index < -0.39 is 43.7 Å². The van der Waals surface area contributed by atoms with Gasteiger partial charge in [0, 0.05) is 12.1 Å². The minimum Gasteiger partial charge on any atom is -0.497 e. The zero-order valence-corrected chi connectivity index (χ0v) is 16.0. The number of rotatable bonds is 4. The molecule has 0 spiro atoms. The predicted molar refractivity (Wildman–Crippen MR) is 98.8 cm³/mol. The average molecular weight is 428 g/mol. The lowest BCUT2D eigenvalue weighted by Crippen LogP contribution is -2.52. The number of carbonyl (C=O) groups excluding carboxylic acids is 1. The Balaban J connectivity index is 0.000000215.